The van der Waals surface area contributed by atoms with Gasteiger partial charge >= 0.3 is 0 Å². The molecular formula is C15H30N2. The number of hydrogen-bond acceptors (Lipinski definition) is 2. The van der Waals surface area contributed by atoms with E-state index in [1.165, 1.54) is 58.3 Å². The van der Waals surface area contributed by atoms with Crippen molar-refractivity contribution < 1.29 is 0 Å². The second-order valence-electron chi connectivity index (χ2n) is 6.16. The zero-order valence-electron chi connectivity index (χ0n) is 12.0. The lowest BCUT2D eigenvalue weighted by Crippen LogP contribution is -2.47. The van der Waals surface area contributed by atoms with Crippen molar-refractivity contribution in [2.24, 2.45) is 5.92 Å². The van der Waals surface area contributed by atoms with Gasteiger partial charge in [0.15, 0.2) is 0 Å². The van der Waals surface area contributed by atoms with Gasteiger partial charge in [-0.25, -0.2) is 0 Å². The zero-order valence-corrected chi connectivity index (χ0v) is 12.0. The lowest BCUT2D eigenvalue weighted by Gasteiger charge is -2.38. The first kappa shape index (κ1) is 13.4. The lowest BCUT2D eigenvalue weighted by molar-refractivity contribution is 0.107. The third kappa shape index (κ3) is 3.23. The summed E-state index contributed by atoms with van der Waals surface area (Å²) in [5, 5.41) is 0. The van der Waals surface area contributed by atoms with E-state index in [-0.39, 0.29) is 0 Å². The van der Waals surface area contributed by atoms with Gasteiger partial charge in [-0.2, -0.15) is 0 Å². The first-order valence-corrected chi connectivity index (χ1v) is 7.70. The molecule has 2 rings (SSSR count). The average Bonchev–Trinajstić information content (AvgIpc) is 2.58. The Labute approximate surface area is 107 Å². The Bertz CT molecular complexity index is 229. The first-order chi connectivity index (χ1) is 8.22. The number of hydrogen-bond donors (Lipinski definition) is 0. The molecule has 0 aromatic rings. The largest absolute Gasteiger partial charge is 0.299 e. The van der Waals surface area contributed by atoms with Crippen molar-refractivity contribution in [1.82, 2.24) is 9.80 Å². The monoisotopic (exact) mass is 238 g/mol. The number of fused-ring (bicyclic) bond motifs is 1. The smallest absolute Gasteiger partial charge is 0.0223 e. The normalized spacial score (nSPS) is 31.6. The van der Waals surface area contributed by atoms with Crippen LogP contribution in [0.1, 0.15) is 52.9 Å². The summed E-state index contributed by atoms with van der Waals surface area (Å²) in [6.45, 7) is 12.5. The molecule has 0 N–H and O–H groups in total. The fourth-order valence-corrected chi connectivity index (χ4v) is 3.47. The molecule has 3 unspecified atom stereocenters. The van der Waals surface area contributed by atoms with Crippen molar-refractivity contribution in [1.29, 1.82) is 0 Å². The van der Waals surface area contributed by atoms with E-state index >= 15 is 0 Å². The van der Waals surface area contributed by atoms with Gasteiger partial charge in [-0.3, -0.25) is 9.80 Å². The zero-order chi connectivity index (χ0) is 12.3. The maximum absolute atomic E-state index is 2.77. The van der Waals surface area contributed by atoms with E-state index in [0.717, 1.165) is 18.0 Å². The van der Waals surface area contributed by atoms with Crippen LogP contribution in [0, 0.1) is 5.92 Å². The molecule has 0 radical (unpaired) electrons. The molecule has 0 amide bonds. The van der Waals surface area contributed by atoms with Crippen molar-refractivity contribution in [2.45, 2.75) is 65.0 Å². The van der Waals surface area contributed by atoms with Gasteiger partial charge in [0, 0.05) is 18.6 Å². The standard InChI is InChI=1S/C15H30N2/c1-4-13(2)14(3)17-11-7-10-16-9-6-5-8-15(16)12-17/h13-15H,4-12H2,1-3H3. The van der Waals surface area contributed by atoms with Crippen molar-refractivity contribution in [3.05, 3.63) is 0 Å². The predicted octanol–water partition coefficient (Wildman–Crippen LogP) is 2.98. The van der Waals surface area contributed by atoms with Crippen LogP contribution in [0.3, 0.4) is 0 Å². The van der Waals surface area contributed by atoms with Gasteiger partial charge in [0.2, 0.25) is 0 Å². The highest BCUT2D eigenvalue weighted by molar-refractivity contribution is 4.85. The molecule has 0 aromatic carbocycles. The molecule has 100 valence electrons. The number of piperidine rings is 1. The van der Waals surface area contributed by atoms with Crippen LogP contribution in [-0.4, -0.2) is 48.1 Å². The van der Waals surface area contributed by atoms with Crippen molar-refractivity contribution >= 4 is 0 Å². The topological polar surface area (TPSA) is 6.48 Å². The summed E-state index contributed by atoms with van der Waals surface area (Å²) in [5.74, 6) is 0.838. The summed E-state index contributed by atoms with van der Waals surface area (Å²) in [6, 6.07) is 1.62. The molecule has 0 bridgehead atoms. The number of rotatable bonds is 3. The van der Waals surface area contributed by atoms with Crippen LogP contribution in [-0.2, 0) is 0 Å². The van der Waals surface area contributed by atoms with E-state index < -0.39 is 0 Å². The second kappa shape index (κ2) is 6.19. The minimum absolute atomic E-state index is 0.766. The minimum atomic E-state index is 0.766. The van der Waals surface area contributed by atoms with Gasteiger partial charge in [0.1, 0.15) is 0 Å². The van der Waals surface area contributed by atoms with Crippen LogP contribution in [0.2, 0.25) is 0 Å². The Morgan fingerprint density at radius 2 is 1.82 bits per heavy atom. The summed E-state index contributed by atoms with van der Waals surface area (Å²) < 4.78 is 0. The van der Waals surface area contributed by atoms with E-state index in [0.29, 0.717) is 0 Å². The van der Waals surface area contributed by atoms with Gasteiger partial charge in [-0.15, -0.1) is 0 Å². The van der Waals surface area contributed by atoms with Gasteiger partial charge < -0.3 is 0 Å². The molecule has 2 aliphatic heterocycles. The fraction of sp³-hybridized carbons (Fsp3) is 1.00. The second-order valence-corrected chi connectivity index (χ2v) is 6.16. The van der Waals surface area contributed by atoms with Crippen LogP contribution in [0.5, 0.6) is 0 Å². The van der Waals surface area contributed by atoms with Crippen LogP contribution in [0.4, 0.5) is 0 Å². The van der Waals surface area contributed by atoms with E-state index in [1.807, 2.05) is 0 Å². The predicted molar refractivity (Wildman–Crippen MR) is 74.3 cm³/mol. The van der Waals surface area contributed by atoms with Crippen LogP contribution in [0.15, 0.2) is 0 Å². The van der Waals surface area contributed by atoms with Gasteiger partial charge in [-0.05, 0) is 51.7 Å². The first-order valence-electron chi connectivity index (χ1n) is 7.70. The summed E-state index contributed by atoms with van der Waals surface area (Å²) >= 11 is 0. The van der Waals surface area contributed by atoms with Crippen LogP contribution < -0.4 is 0 Å². The lowest BCUT2D eigenvalue weighted by atomic mass is 9.97. The summed E-state index contributed by atoms with van der Waals surface area (Å²) in [4.78, 5) is 5.52. The van der Waals surface area contributed by atoms with Gasteiger partial charge in [0.05, 0.1) is 0 Å². The Morgan fingerprint density at radius 1 is 1.06 bits per heavy atom. The molecule has 0 saturated carbocycles. The van der Waals surface area contributed by atoms with Crippen LogP contribution in [0.25, 0.3) is 0 Å². The summed E-state index contributed by atoms with van der Waals surface area (Å²) in [6.07, 6.45) is 7.00. The molecule has 2 fully saturated rings. The molecule has 2 heterocycles. The average molecular weight is 238 g/mol. The summed E-state index contributed by atoms with van der Waals surface area (Å²) in [7, 11) is 0. The highest BCUT2D eigenvalue weighted by Crippen LogP contribution is 2.24. The molecule has 2 heteroatoms. The molecule has 0 spiro atoms. The van der Waals surface area contributed by atoms with E-state index in [9.17, 15) is 0 Å². The van der Waals surface area contributed by atoms with Crippen molar-refractivity contribution in [2.75, 3.05) is 26.2 Å². The number of nitrogens with zero attached hydrogens (tertiary/aromatic N) is 2. The Hall–Kier alpha value is -0.0800. The van der Waals surface area contributed by atoms with Crippen molar-refractivity contribution in [3.63, 3.8) is 0 Å². The third-order valence-electron chi connectivity index (χ3n) is 5.13. The molecule has 0 aliphatic carbocycles. The fourth-order valence-electron chi connectivity index (χ4n) is 3.47. The third-order valence-corrected chi connectivity index (χ3v) is 5.13. The van der Waals surface area contributed by atoms with E-state index in [2.05, 4.69) is 30.6 Å². The van der Waals surface area contributed by atoms with Crippen molar-refractivity contribution in [3.8, 4) is 0 Å². The van der Waals surface area contributed by atoms with Gasteiger partial charge in [-0.1, -0.05) is 26.7 Å². The van der Waals surface area contributed by atoms with E-state index in [1.54, 1.807) is 0 Å². The quantitative estimate of drug-likeness (QED) is 0.746. The highest BCUT2D eigenvalue weighted by Gasteiger charge is 2.29. The molecular weight excluding hydrogens is 208 g/mol. The Balaban J connectivity index is 1.95. The van der Waals surface area contributed by atoms with Gasteiger partial charge in [0.25, 0.3) is 0 Å². The molecule has 2 saturated heterocycles. The molecule has 17 heavy (non-hydrogen) atoms. The SMILES string of the molecule is CCC(C)C(C)N1CCCN2CCCCC2C1. The molecule has 2 nitrogen and oxygen atoms in total. The minimum Gasteiger partial charge on any atom is -0.299 e. The molecule has 0 aromatic heterocycles. The van der Waals surface area contributed by atoms with Crippen LogP contribution >= 0.6 is 0 Å². The summed E-state index contributed by atoms with van der Waals surface area (Å²) in [5.41, 5.74) is 0. The Kier molecular flexibility index (Phi) is 4.87. The Morgan fingerprint density at radius 3 is 2.59 bits per heavy atom. The highest BCUT2D eigenvalue weighted by atomic mass is 15.3. The van der Waals surface area contributed by atoms with E-state index in [4.69, 9.17) is 0 Å². The maximum atomic E-state index is 2.77. The molecule has 3 atom stereocenters. The maximum Gasteiger partial charge on any atom is 0.0223 e. The molecule has 2 aliphatic rings.